The van der Waals surface area contributed by atoms with Crippen LogP contribution in [-0.4, -0.2) is 63.2 Å². The molecule has 1 amide bonds. The van der Waals surface area contributed by atoms with E-state index >= 15 is 0 Å². The summed E-state index contributed by atoms with van der Waals surface area (Å²) in [7, 11) is 3.21. The lowest BCUT2D eigenvalue weighted by atomic mass is 10.2. The average molecular weight is 425 g/mol. The molecule has 2 N–H and O–H groups in total. The van der Waals surface area contributed by atoms with E-state index in [1.165, 1.54) is 11.6 Å². The Morgan fingerprint density at radius 3 is 2.61 bits per heavy atom. The van der Waals surface area contributed by atoms with Crippen LogP contribution in [0, 0.1) is 0 Å². The molecule has 4 heterocycles. The number of aryl methyl sites for hydroxylation is 1. The molecule has 10 heteroatoms. The minimum absolute atomic E-state index is 0.138. The summed E-state index contributed by atoms with van der Waals surface area (Å²) in [6, 6.07) is 5.38. The van der Waals surface area contributed by atoms with E-state index in [4.69, 9.17) is 0 Å². The second-order valence-electron chi connectivity index (χ2n) is 7.74. The quantitative estimate of drug-likeness (QED) is 0.594. The first-order chi connectivity index (χ1) is 14.9. The van der Waals surface area contributed by atoms with E-state index < -0.39 is 0 Å². The minimum Gasteiger partial charge on any atom is -0.355 e. The molecular weight excluding hydrogens is 398 g/mol. The predicted octanol–water partition coefficient (Wildman–Crippen LogP) is -0.0345. The summed E-state index contributed by atoms with van der Waals surface area (Å²) in [5.41, 5.74) is 2.02. The lowest BCUT2D eigenvalue weighted by molar-refractivity contribution is 0.0961. The summed E-state index contributed by atoms with van der Waals surface area (Å²) >= 11 is 0. The van der Waals surface area contributed by atoms with Crippen LogP contribution in [-0.2, 0) is 20.0 Å². The van der Waals surface area contributed by atoms with Crippen molar-refractivity contribution in [3.8, 4) is 0 Å². The zero-order chi connectivity index (χ0) is 22.1. The molecule has 1 fully saturated rings. The zero-order valence-electron chi connectivity index (χ0n) is 18.0. The number of rotatable bonds is 5. The molecule has 31 heavy (non-hydrogen) atoms. The third kappa shape index (κ3) is 3.98. The molecule has 0 bridgehead atoms. The van der Waals surface area contributed by atoms with Gasteiger partial charge >= 0.3 is 0 Å². The number of aromatic nitrogens is 4. The van der Waals surface area contributed by atoms with Crippen LogP contribution in [0.3, 0.4) is 0 Å². The van der Waals surface area contributed by atoms with Gasteiger partial charge in [0, 0.05) is 53.0 Å². The molecule has 0 saturated carbocycles. The maximum atomic E-state index is 12.5. The predicted molar refractivity (Wildman–Crippen MR) is 118 cm³/mol. The first-order valence-electron chi connectivity index (χ1n) is 10.4. The number of carbonyl (C=O) groups is 1. The van der Waals surface area contributed by atoms with Gasteiger partial charge in [-0.3, -0.25) is 23.9 Å². The molecule has 3 aromatic heterocycles. The number of piperazine rings is 1. The molecule has 164 valence electrons. The van der Waals surface area contributed by atoms with E-state index in [9.17, 15) is 14.4 Å². The largest absolute Gasteiger partial charge is 0.355 e. The lowest BCUT2D eigenvalue weighted by Crippen LogP contribution is -2.47. The van der Waals surface area contributed by atoms with Crippen molar-refractivity contribution in [3.05, 3.63) is 61.9 Å². The van der Waals surface area contributed by atoms with Gasteiger partial charge < -0.3 is 15.2 Å². The van der Waals surface area contributed by atoms with Gasteiger partial charge in [-0.25, -0.2) is 4.52 Å². The van der Waals surface area contributed by atoms with E-state index in [1.807, 2.05) is 25.3 Å². The molecule has 1 saturated heterocycles. The highest BCUT2D eigenvalue weighted by Gasteiger charge is 2.21. The first-order valence-corrected chi connectivity index (χ1v) is 10.4. The Labute approximate surface area is 179 Å². The summed E-state index contributed by atoms with van der Waals surface area (Å²) < 4.78 is 3.27. The molecule has 1 aliphatic heterocycles. The van der Waals surface area contributed by atoms with Crippen molar-refractivity contribution >= 4 is 17.4 Å². The van der Waals surface area contributed by atoms with Crippen LogP contribution in [0.15, 0.2) is 34.0 Å². The van der Waals surface area contributed by atoms with Crippen molar-refractivity contribution in [2.45, 2.75) is 19.9 Å². The zero-order valence-corrected chi connectivity index (χ0v) is 18.0. The number of fused-ring (bicyclic) bond motifs is 1. The van der Waals surface area contributed by atoms with Crippen LogP contribution in [0.4, 0.5) is 5.82 Å². The molecule has 3 aromatic rings. The third-order valence-corrected chi connectivity index (χ3v) is 5.78. The normalized spacial score (nSPS) is 14.9. The molecule has 0 atom stereocenters. The van der Waals surface area contributed by atoms with Gasteiger partial charge in [-0.15, -0.1) is 0 Å². The second-order valence-corrected chi connectivity index (χ2v) is 7.74. The molecule has 0 spiro atoms. The van der Waals surface area contributed by atoms with Crippen molar-refractivity contribution in [1.29, 1.82) is 0 Å². The highest BCUT2D eigenvalue weighted by Crippen LogP contribution is 2.17. The SMILES string of the molecule is CCc1nn2cc(CN3CCN(c4ccc(C(=O)NC)c(=O)n4C)CC3)cc2[nH]c1=O. The number of hydrogen-bond donors (Lipinski definition) is 2. The summed E-state index contributed by atoms with van der Waals surface area (Å²) in [5, 5.41) is 6.89. The Morgan fingerprint density at radius 2 is 1.94 bits per heavy atom. The lowest BCUT2D eigenvalue weighted by Gasteiger charge is -2.36. The fourth-order valence-corrected chi connectivity index (χ4v) is 4.01. The molecule has 0 radical (unpaired) electrons. The van der Waals surface area contributed by atoms with E-state index in [-0.39, 0.29) is 22.6 Å². The number of amides is 1. The van der Waals surface area contributed by atoms with Crippen LogP contribution < -0.4 is 21.3 Å². The van der Waals surface area contributed by atoms with Crippen molar-refractivity contribution in [2.75, 3.05) is 38.1 Å². The van der Waals surface area contributed by atoms with Gasteiger partial charge in [-0.2, -0.15) is 5.10 Å². The highest BCUT2D eigenvalue weighted by atomic mass is 16.2. The highest BCUT2D eigenvalue weighted by molar-refractivity contribution is 5.93. The Bertz CT molecular complexity index is 1230. The van der Waals surface area contributed by atoms with E-state index in [1.54, 1.807) is 17.6 Å². The van der Waals surface area contributed by atoms with Crippen molar-refractivity contribution in [1.82, 2.24) is 29.4 Å². The number of hydrogen-bond acceptors (Lipinski definition) is 6. The molecule has 0 aliphatic carbocycles. The number of carbonyl (C=O) groups excluding carboxylic acids is 1. The van der Waals surface area contributed by atoms with E-state index in [2.05, 4.69) is 25.2 Å². The molecule has 4 rings (SSSR count). The van der Waals surface area contributed by atoms with E-state index in [0.717, 1.165) is 44.1 Å². The van der Waals surface area contributed by atoms with Gasteiger partial charge in [-0.05, 0) is 30.2 Å². The average Bonchev–Trinajstić information content (AvgIpc) is 3.16. The Hall–Kier alpha value is -3.40. The van der Waals surface area contributed by atoms with Crippen molar-refractivity contribution < 1.29 is 4.79 Å². The maximum absolute atomic E-state index is 12.5. The number of aromatic amines is 1. The van der Waals surface area contributed by atoms with Crippen LogP contribution in [0.1, 0.15) is 28.5 Å². The van der Waals surface area contributed by atoms with Gasteiger partial charge in [0.25, 0.3) is 17.0 Å². The molecule has 10 nitrogen and oxygen atoms in total. The third-order valence-electron chi connectivity index (χ3n) is 5.78. The van der Waals surface area contributed by atoms with Gasteiger partial charge in [0.1, 0.15) is 22.7 Å². The number of nitrogens with zero attached hydrogens (tertiary/aromatic N) is 5. The van der Waals surface area contributed by atoms with Crippen molar-refractivity contribution in [3.63, 3.8) is 0 Å². The summed E-state index contributed by atoms with van der Waals surface area (Å²) in [4.78, 5) is 43.7. The van der Waals surface area contributed by atoms with Crippen molar-refractivity contribution in [2.24, 2.45) is 7.05 Å². The van der Waals surface area contributed by atoms with Crippen LogP contribution in [0.25, 0.3) is 5.65 Å². The number of H-pyrrole nitrogens is 1. The summed E-state index contributed by atoms with van der Waals surface area (Å²) in [6.07, 6.45) is 2.55. The van der Waals surface area contributed by atoms with Crippen LogP contribution in [0.5, 0.6) is 0 Å². The standard InChI is InChI=1S/C21H27N7O3/c1-4-16-20(30)23-17-11-14(13-28(17)24-16)12-26-7-9-27(10-8-26)18-6-5-15(19(29)22-2)21(31)25(18)3/h5-6,11,13H,4,7-10,12H2,1-3H3,(H,22,29)(H,23,30). The molecule has 1 aliphatic rings. The number of anilines is 1. The molecule has 0 aromatic carbocycles. The van der Waals surface area contributed by atoms with Gasteiger partial charge in [0.2, 0.25) is 0 Å². The van der Waals surface area contributed by atoms with Gasteiger partial charge in [-0.1, -0.05) is 6.92 Å². The number of nitrogens with one attached hydrogen (secondary N) is 2. The molecular formula is C21H27N7O3. The Balaban J connectivity index is 1.44. The van der Waals surface area contributed by atoms with Gasteiger partial charge in [0.15, 0.2) is 0 Å². The first kappa shape index (κ1) is 20.9. The fraction of sp³-hybridized carbons (Fsp3) is 0.429. The van der Waals surface area contributed by atoms with Crippen LogP contribution >= 0.6 is 0 Å². The summed E-state index contributed by atoms with van der Waals surface area (Å²) in [6.45, 7) is 5.89. The Kier molecular flexibility index (Phi) is 5.64. The smallest absolute Gasteiger partial charge is 0.273 e. The minimum atomic E-state index is -0.376. The monoisotopic (exact) mass is 425 g/mol. The number of pyridine rings is 1. The van der Waals surface area contributed by atoms with Crippen LogP contribution in [0.2, 0.25) is 0 Å². The Morgan fingerprint density at radius 1 is 1.19 bits per heavy atom. The molecule has 0 unspecified atom stereocenters. The van der Waals surface area contributed by atoms with Gasteiger partial charge in [0.05, 0.1) is 0 Å². The second kappa shape index (κ2) is 8.38. The topological polar surface area (TPSA) is 108 Å². The summed E-state index contributed by atoms with van der Waals surface area (Å²) in [5.74, 6) is 0.430. The maximum Gasteiger partial charge on any atom is 0.273 e. The van der Waals surface area contributed by atoms with E-state index in [0.29, 0.717) is 17.8 Å². The fourth-order valence-electron chi connectivity index (χ4n) is 4.01.